The van der Waals surface area contributed by atoms with E-state index in [9.17, 15) is 9.59 Å². The lowest BCUT2D eigenvalue weighted by atomic mass is 9.72. The number of fused-ring (bicyclic) bond motifs is 3. The molecule has 2 aromatic heterocycles. The molecule has 1 saturated carbocycles. The Morgan fingerprint density at radius 1 is 1.11 bits per heavy atom. The highest BCUT2D eigenvalue weighted by molar-refractivity contribution is 6.01. The fourth-order valence-corrected chi connectivity index (χ4v) is 3.96. The molecule has 2 heterocycles. The third-order valence-corrected chi connectivity index (χ3v) is 5.58. The van der Waals surface area contributed by atoms with Gasteiger partial charge in [0, 0.05) is 5.39 Å². The van der Waals surface area contributed by atoms with Gasteiger partial charge in [0.05, 0.1) is 11.9 Å². The zero-order valence-electron chi connectivity index (χ0n) is 15.2. The lowest BCUT2D eigenvalue weighted by Crippen LogP contribution is -2.52. The Balaban J connectivity index is 1.43. The van der Waals surface area contributed by atoms with Crippen molar-refractivity contribution in [1.29, 1.82) is 0 Å². The maximum Gasteiger partial charge on any atom is 0.297 e. The van der Waals surface area contributed by atoms with E-state index < -0.39 is 0 Å². The lowest BCUT2D eigenvalue weighted by molar-refractivity contribution is -0.125. The van der Waals surface area contributed by atoms with Gasteiger partial charge >= 0.3 is 0 Å². The number of benzene rings is 2. The van der Waals surface area contributed by atoms with Crippen molar-refractivity contribution in [1.82, 2.24) is 14.9 Å². The third-order valence-electron chi connectivity index (χ3n) is 5.58. The van der Waals surface area contributed by atoms with Crippen LogP contribution < -0.4 is 10.9 Å². The second kappa shape index (κ2) is 6.34. The lowest BCUT2D eigenvalue weighted by Gasteiger charge is -2.43. The molecule has 1 aliphatic carbocycles. The van der Waals surface area contributed by atoms with Crippen molar-refractivity contribution in [3.05, 3.63) is 76.8 Å². The maximum atomic E-state index is 12.8. The van der Waals surface area contributed by atoms with Gasteiger partial charge < -0.3 is 9.73 Å². The highest BCUT2D eigenvalue weighted by atomic mass is 16.3. The summed E-state index contributed by atoms with van der Waals surface area (Å²) < 4.78 is 6.98. The third kappa shape index (κ3) is 2.60. The molecule has 5 rings (SSSR count). The zero-order chi connectivity index (χ0) is 19.1. The minimum atomic E-state index is -0.348. The topological polar surface area (TPSA) is 77.1 Å². The van der Waals surface area contributed by atoms with E-state index in [-0.39, 0.29) is 29.1 Å². The summed E-state index contributed by atoms with van der Waals surface area (Å²) in [5.74, 6) is -0.206. The van der Waals surface area contributed by atoms with Crippen LogP contribution in [0, 0.1) is 0 Å². The van der Waals surface area contributed by atoms with Crippen LogP contribution in [-0.4, -0.2) is 15.5 Å². The summed E-state index contributed by atoms with van der Waals surface area (Å²) in [6.07, 6.45) is 4.29. The number of aromatic nitrogens is 2. The molecule has 0 unspecified atom stereocenters. The molecule has 0 radical (unpaired) electrons. The van der Waals surface area contributed by atoms with E-state index in [0.29, 0.717) is 11.1 Å². The van der Waals surface area contributed by atoms with Gasteiger partial charge in [-0.25, -0.2) is 4.98 Å². The number of hydrogen-bond donors (Lipinski definition) is 1. The monoisotopic (exact) mass is 373 g/mol. The molecule has 0 atom stereocenters. The van der Waals surface area contributed by atoms with Crippen molar-refractivity contribution in [3.63, 3.8) is 0 Å². The van der Waals surface area contributed by atoms with Gasteiger partial charge in [-0.3, -0.25) is 14.2 Å². The number of carbonyl (C=O) groups excluding carboxylic acids is 1. The second-order valence-corrected chi connectivity index (χ2v) is 7.30. The average molecular weight is 373 g/mol. The number of furan rings is 1. The minimum Gasteiger partial charge on any atom is -0.448 e. The van der Waals surface area contributed by atoms with E-state index in [4.69, 9.17) is 4.42 Å². The zero-order valence-corrected chi connectivity index (χ0v) is 15.2. The Kier molecular flexibility index (Phi) is 3.79. The molecule has 0 bridgehead atoms. The molecule has 0 spiro atoms. The number of para-hydroxylation sites is 1. The van der Waals surface area contributed by atoms with Crippen LogP contribution in [0.5, 0.6) is 0 Å². The number of nitrogens with zero attached hydrogens (tertiary/aromatic N) is 2. The highest BCUT2D eigenvalue weighted by Gasteiger charge is 2.39. The maximum absolute atomic E-state index is 12.8. The predicted molar refractivity (Wildman–Crippen MR) is 106 cm³/mol. The summed E-state index contributed by atoms with van der Waals surface area (Å²) in [5, 5.41) is 3.93. The average Bonchev–Trinajstić information content (AvgIpc) is 3.07. The molecule has 1 N–H and O–H groups in total. The molecule has 1 amide bonds. The summed E-state index contributed by atoms with van der Waals surface area (Å²) in [5.41, 5.74) is 1.74. The van der Waals surface area contributed by atoms with Crippen molar-refractivity contribution in [2.24, 2.45) is 0 Å². The van der Waals surface area contributed by atoms with Crippen molar-refractivity contribution in [3.8, 4) is 0 Å². The SMILES string of the molecule is O=C(Cn1cnc2c(oc3ccccc32)c1=O)NC1(c2ccccc2)CCC1. The van der Waals surface area contributed by atoms with Crippen LogP contribution in [0.3, 0.4) is 0 Å². The number of nitrogens with one attached hydrogen (secondary N) is 1. The normalized spacial score (nSPS) is 15.4. The van der Waals surface area contributed by atoms with Crippen molar-refractivity contribution < 1.29 is 9.21 Å². The van der Waals surface area contributed by atoms with Crippen LogP contribution in [0.1, 0.15) is 24.8 Å². The molecule has 1 fully saturated rings. The molecular formula is C22H19N3O3. The molecule has 6 nitrogen and oxygen atoms in total. The number of rotatable bonds is 4. The molecule has 0 aliphatic heterocycles. The van der Waals surface area contributed by atoms with E-state index >= 15 is 0 Å². The Hall–Kier alpha value is -3.41. The molecule has 4 aromatic rings. The van der Waals surface area contributed by atoms with Crippen molar-refractivity contribution in [2.75, 3.05) is 0 Å². The fraction of sp³-hybridized carbons (Fsp3) is 0.227. The van der Waals surface area contributed by atoms with Crippen LogP contribution in [-0.2, 0) is 16.9 Å². The Morgan fingerprint density at radius 2 is 1.86 bits per heavy atom. The summed E-state index contributed by atoms with van der Waals surface area (Å²) in [7, 11) is 0. The molecule has 2 aromatic carbocycles. The molecule has 28 heavy (non-hydrogen) atoms. The van der Waals surface area contributed by atoms with E-state index in [1.165, 1.54) is 10.9 Å². The number of amides is 1. The van der Waals surface area contributed by atoms with Crippen LogP contribution in [0.2, 0.25) is 0 Å². The van der Waals surface area contributed by atoms with Gasteiger partial charge in [0.15, 0.2) is 0 Å². The van der Waals surface area contributed by atoms with Crippen molar-refractivity contribution >= 4 is 28.0 Å². The largest absolute Gasteiger partial charge is 0.448 e. The summed E-state index contributed by atoms with van der Waals surface area (Å²) in [6, 6.07) is 17.4. The van der Waals surface area contributed by atoms with Gasteiger partial charge in [-0.1, -0.05) is 42.5 Å². The van der Waals surface area contributed by atoms with E-state index in [1.54, 1.807) is 6.07 Å². The van der Waals surface area contributed by atoms with Crippen molar-refractivity contribution in [2.45, 2.75) is 31.3 Å². The standard InChI is InChI=1S/C22H19N3O3/c26-18(24-22(11-6-12-22)15-7-2-1-3-8-15)13-25-14-23-19-16-9-4-5-10-17(16)28-20(19)21(25)27/h1-5,7-10,14H,6,11-13H2,(H,24,26). The van der Waals surface area contributed by atoms with Gasteiger partial charge in [-0.2, -0.15) is 0 Å². The molecule has 6 heteroatoms. The smallest absolute Gasteiger partial charge is 0.297 e. The number of hydrogen-bond acceptors (Lipinski definition) is 4. The molecule has 140 valence electrons. The second-order valence-electron chi connectivity index (χ2n) is 7.30. The fourth-order valence-electron chi connectivity index (χ4n) is 3.96. The van der Waals surface area contributed by atoms with Crippen LogP contribution >= 0.6 is 0 Å². The Labute approximate surface area is 160 Å². The summed E-state index contributed by atoms with van der Waals surface area (Å²) in [6.45, 7) is -0.0899. The van der Waals surface area contributed by atoms with Gasteiger partial charge in [-0.15, -0.1) is 0 Å². The summed E-state index contributed by atoms with van der Waals surface area (Å²) >= 11 is 0. The Bertz CT molecular complexity index is 1240. The predicted octanol–water partition coefficient (Wildman–Crippen LogP) is 3.34. The van der Waals surface area contributed by atoms with Gasteiger partial charge in [0.1, 0.15) is 17.6 Å². The molecule has 1 aliphatic rings. The highest BCUT2D eigenvalue weighted by Crippen LogP contribution is 2.41. The summed E-state index contributed by atoms with van der Waals surface area (Å²) in [4.78, 5) is 29.9. The minimum absolute atomic E-state index is 0.0899. The quantitative estimate of drug-likeness (QED) is 0.595. The van der Waals surface area contributed by atoms with Crippen LogP contribution in [0.15, 0.2) is 70.1 Å². The van der Waals surface area contributed by atoms with E-state index in [0.717, 1.165) is 30.2 Å². The van der Waals surface area contributed by atoms with Crippen LogP contribution in [0.25, 0.3) is 22.1 Å². The first-order valence-electron chi connectivity index (χ1n) is 9.40. The Morgan fingerprint density at radius 3 is 2.61 bits per heavy atom. The first kappa shape index (κ1) is 16.7. The van der Waals surface area contributed by atoms with E-state index in [2.05, 4.69) is 10.3 Å². The van der Waals surface area contributed by atoms with Crippen LogP contribution in [0.4, 0.5) is 0 Å². The van der Waals surface area contributed by atoms with Gasteiger partial charge in [-0.05, 0) is 37.0 Å². The first-order valence-corrected chi connectivity index (χ1v) is 9.40. The molecule has 0 saturated heterocycles. The number of carbonyl (C=O) groups is 1. The van der Waals surface area contributed by atoms with Gasteiger partial charge in [0.25, 0.3) is 5.56 Å². The first-order chi connectivity index (χ1) is 13.7. The van der Waals surface area contributed by atoms with Gasteiger partial charge in [0.2, 0.25) is 11.5 Å². The van der Waals surface area contributed by atoms with E-state index in [1.807, 2.05) is 48.5 Å². The molecular weight excluding hydrogens is 354 g/mol.